The molecule has 0 aliphatic carbocycles. The molecule has 0 aliphatic heterocycles. The lowest BCUT2D eigenvalue weighted by atomic mass is 10.1. The molecule has 1 amide bonds. The minimum Gasteiger partial charge on any atom is -0.324 e. The van der Waals surface area contributed by atoms with Crippen molar-refractivity contribution in [1.82, 2.24) is 14.2 Å². The standard InChI is InChI=1S/C16H13F3N4O2/c1-10(23-15(25)13-7-4-8-22(13)9-20-23)14(24)21-12-6-3-2-5-11(12)16(17,18)19/h2-10H,1H3,(H,21,24)/t10-/m0/s1. The van der Waals surface area contributed by atoms with E-state index in [0.29, 0.717) is 5.52 Å². The van der Waals surface area contributed by atoms with Gasteiger partial charge in [0.05, 0.1) is 11.3 Å². The van der Waals surface area contributed by atoms with Crippen LogP contribution in [0.15, 0.2) is 53.7 Å². The number of amides is 1. The maximum Gasteiger partial charge on any atom is 0.418 e. The van der Waals surface area contributed by atoms with Crippen molar-refractivity contribution >= 4 is 17.1 Å². The topological polar surface area (TPSA) is 68.4 Å². The first kappa shape index (κ1) is 16.7. The summed E-state index contributed by atoms with van der Waals surface area (Å²) in [5.74, 6) is -0.776. The molecule has 3 rings (SSSR count). The number of para-hydroxylation sites is 1. The zero-order valence-corrected chi connectivity index (χ0v) is 13.0. The number of carbonyl (C=O) groups excluding carboxylic acids is 1. The summed E-state index contributed by atoms with van der Waals surface area (Å²) < 4.78 is 41.4. The van der Waals surface area contributed by atoms with E-state index in [-0.39, 0.29) is 5.69 Å². The second kappa shape index (κ2) is 6.08. The number of nitrogens with one attached hydrogen (secondary N) is 1. The molecule has 3 aromatic rings. The number of benzene rings is 1. The second-order valence-electron chi connectivity index (χ2n) is 5.39. The third kappa shape index (κ3) is 3.12. The summed E-state index contributed by atoms with van der Waals surface area (Å²) in [7, 11) is 0. The van der Waals surface area contributed by atoms with Gasteiger partial charge in [-0.15, -0.1) is 0 Å². The average molecular weight is 350 g/mol. The first-order chi connectivity index (χ1) is 11.8. The van der Waals surface area contributed by atoms with Crippen molar-refractivity contribution in [2.24, 2.45) is 0 Å². The van der Waals surface area contributed by atoms with E-state index in [1.54, 1.807) is 18.3 Å². The molecule has 1 N–H and O–H groups in total. The third-order valence-corrected chi connectivity index (χ3v) is 3.74. The molecule has 9 heteroatoms. The molecule has 0 radical (unpaired) electrons. The van der Waals surface area contributed by atoms with Gasteiger partial charge in [-0.2, -0.15) is 18.3 Å². The van der Waals surface area contributed by atoms with Crippen molar-refractivity contribution in [3.05, 3.63) is 64.8 Å². The van der Waals surface area contributed by atoms with Crippen molar-refractivity contribution in [2.75, 3.05) is 5.32 Å². The molecule has 0 saturated heterocycles. The molecule has 0 saturated carbocycles. The minimum atomic E-state index is -4.60. The highest BCUT2D eigenvalue weighted by atomic mass is 19.4. The molecule has 25 heavy (non-hydrogen) atoms. The van der Waals surface area contributed by atoms with Gasteiger partial charge in [0.25, 0.3) is 5.56 Å². The van der Waals surface area contributed by atoms with Crippen LogP contribution in [0.25, 0.3) is 5.52 Å². The normalized spacial score (nSPS) is 13.0. The summed E-state index contributed by atoms with van der Waals surface area (Å²) in [5.41, 5.74) is -1.54. The molecule has 6 nitrogen and oxygen atoms in total. The van der Waals surface area contributed by atoms with Crippen LogP contribution in [0.1, 0.15) is 18.5 Å². The number of hydrogen-bond acceptors (Lipinski definition) is 3. The lowest BCUT2D eigenvalue weighted by Gasteiger charge is -2.17. The van der Waals surface area contributed by atoms with Gasteiger partial charge in [-0.3, -0.25) is 9.59 Å². The van der Waals surface area contributed by atoms with Gasteiger partial charge in [-0.05, 0) is 31.2 Å². The first-order valence-corrected chi connectivity index (χ1v) is 7.30. The lowest BCUT2D eigenvalue weighted by Crippen LogP contribution is -2.34. The van der Waals surface area contributed by atoms with Crippen molar-refractivity contribution in [3.8, 4) is 0 Å². The zero-order chi connectivity index (χ0) is 18.2. The monoisotopic (exact) mass is 350 g/mol. The quantitative estimate of drug-likeness (QED) is 0.790. The number of fused-ring (bicyclic) bond motifs is 1. The Morgan fingerprint density at radius 1 is 1.20 bits per heavy atom. The van der Waals surface area contributed by atoms with Gasteiger partial charge >= 0.3 is 6.18 Å². The summed E-state index contributed by atoms with van der Waals surface area (Å²) in [6, 6.07) is 6.75. The Kier molecular flexibility index (Phi) is 4.07. The molecule has 2 aromatic heterocycles. The maximum absolute atomic E-state index is 13.0. The van der Waals surface area contributed by atoms with E-state index in [0.717, 1.165) is 16.8 Å². The van der Waals surface area contributed by atoms with Gasteiger partial charge in [-0.1, -0.05) is 12.1 Å². The average Bonchev–Trinajstić information content (AvgIpc) is 3.03. The van der Waals surface area contributed by atoms with Gasteiger partial charge < -0.3 is 9.72 Å². The highest BCUT2D eigenvalue weighted by Crippen LogP contribution is 2.34. The van der Waals surface area contributed by atoms with Crippen LogP contribution in [-0.4, -0.2) is 20.1 Å². The summed E-state index contributed by atoms with van der Waals surface area (Å²) >= 11 is 0. The molecular weight excluding hydrogens is 337 g/mol. The Hall–Kier alpha value is -3.10. The number of alkyl halides is 3. The Bertz CT molecular complexity index is 991. The Labute approximate surface area is 139 Å². The van der Waals surface area contributed by atoms with E-state index >= 15 is 0 Å². The van der Waals surface area contributed by atoms with Crippen LogP contribution in [0.4, 0.5) is 18.9 Å². The van der Waals surface area contributed by atoms with E-state index in [1.165, 1.54) is 29.8 Å². The Morgan fingerprint density at radius 2 is 1.92 bits per heavy atom. The number of hydrogen-bond donors (Lipinski definition) is 1. The molecule has 0 aliphatic rings. The van der Waals surface area contributed by atoms with Crippen molar-refractivity contribution in [3.63, 3.8) is 0 Å². The van der Waals surface area contributed by atoms with Crippen LogP contribution in [0.2, 0.25) is 0 Å². The number of halogens is 3. The molecule has 1 aromatic carbocycles. The fraction of sp³-hybridized carbons (Fsp3) is 0.188. The molecule has 1 atom stereocenters. The lowest BCUT2D eigenvalue weighted by molar-refractivity contribution is -0.137. The maximum atomic E-state index is 13.0. The van der Waals surface area contributed by atoms with Crippen LogP contribution in [0.3, 0.4) is 0 Å². The summed E-state index contributed by atoms with van der Waals surface area (Å²) in [6.45, 7) is 1.39. The van der Waals surface area contributed by atoms with E-state index in [1.807, 2.05) is 0 Å². The highest BCUT2D eigenvalue weighted by molar-refractivity contribution is 5.94. The smallest absolute Gasteiger partial charge is 0.324 e. The first-order valence-electron chi connectivity index (χ1n) is 7.30. The second-order valence-corrected chi connectivity index (χ2v) is 5.39. The SMILES string of the molecule is C[C@@H](C(=O)Nc1ccccc1C(F)(F)F)n1ncn2cccc2c1=O. The fourth-order valence-electron chi connectivity index (χ4n) is 2.42. The van der Waals surface area contributed by atoms with Crippen molar-refractivity contribution in [2.45, 2.75) is 19.1 Å². The summed E-state index contributed by atoms with van der Waals surface area (Å²) in [6.07, 6.45) is -1.63. The van der Waals surface area contributed by atoms with Gasteiger partial charge in [0, 0.05) is 6.20 Å². The predicted octanol–water partition coefficient (Wildman–Crippen LogP) is 2.71. The number of nitrogens with zero attached hydrogens (tertiary/aromatic N) is 3. The number of carbonyl (C=O) groups is 1. The predicted molar refractivity (Wildman–Crippen MR) is 84.2 cm³/mol. The molecule has 0 unspecified atom stereocenters. The molecule has 2 heterocycles. The Morgan fingerprint density at radius 3 is 2.64 bits per heavy atom. The number of anilines is 1. The van der Waals surface area contributed by atoms with Crippen molar-refractivity contribution < 1.29 is 18.0 Å². The highest BCUT2D eigenvalue weighted by Gasteiger charge is 2.34. The zero-order valence-electron chi connectivity index (χ0n) is 13.0. The number of rotatable bonds is 3. The molecule has 0 fully saturated rings. The van der Waals surface area contributed by atoms with Gasteiger partial charge in [-0.25, -0.2) is 4.68 Å². The molecular formula is C16H13F3N4O2. The van der Waals surface area contributed by atoms with Gasteiger partial charge in [0.2, 0.25) is 5.91 Å². The third-order valence-electron chi connectivity index (χ3n) is 3.74. The fourth-order valence-corrected chi connectivity index (χ4v) is 2.42. The molecule has 130 valence electrons. The van der Waals surface area contributed by atoms with E-state index in [9.17, 15) is 22.8 Å². The summed E-state index contributed by atoms with van der Waals surface area (Å²) in [4.78, 5) is 24.7. The van der Waals surface area contributed by atoms with Crippen LogP contribution in [0, 0.1) is 0 Å². The van der Waals surface area contributed by atoms with E-state index in [2.05, 4.69) is 10.4 Å². The van der Waals surface area contributed by atoms with Gasteiger partial charge in [0.15, 0.2) is 0 Å². The van der Waals surface area contributed by atoms with Crippen LogP contribution in [-0.2, 0) is 11.0 Å². The van der Waals surface area contributed by atoms with Crippen LogP contribution < -0.4 is 10.9 Å². The van der Waals surface area contributed by atoms with Crippen LogP contribution in [0.5, 0.6) is 0 Å². The molecule has 0 bridgehead atoms. The van der Waals surface area contributed by atoms with Crippen LogP contribution >= 0.6 is 0 Å². The van der Waals surface area contributed by atoms with Crippen molar-refractivity contribution in [1.29, 1.82) is 0 Å². The molecule has 0 spiro atoms. The van der Waals surface area contributed by atoms with E-state index < -0.39 is 29.2 Å². The summed E-state index contributed by atoms with van der Waals surface area (Å²) in [5, 5.41) is 6.12. The Balaban J connectivity index is 1.91. The number of aromatic nitrogens is 3. The van der Waals surface area contributed by atoms with E-state index in [4.69, 9.17) is 0 Å². The minimum absolute atomic E-state index is 0.311. The van der Waals surface area contributed by atoms with Gasteiger partial charge in [0.1, 0.15) is 17.9 Å². The largest absolute Gasteiger partial charge is 0.418 e.